The quantitative estimate of drug-likeness (QED) is 0.889. The lowest BCUT2D eigenvalue weighted by atomic mass is 9.90. The summed E-state index contributed by atoms with van der Waals surface area (Å²) < 4.78 is 13.0. The van der Waals surface area contributed by atoms with Crippen LogP contribution in [0.4, 0.5) is 10.1 Å². The van der Waals surface area contributed by atoms with Crippen molar-refractivity contribution in [3.63, 3.8) is 0 Å². The molecule has 0 radical (unpaired) electrons. The van der Waals surface area contributed by atoms with E-state index in [1.165, 1.54) is 12.1 Å². The molecular weight excluding hydrogens is 253 g/mol. The first-order valence-electron chi connectivity index (χ1n) is 6.66. The Labute approximate surface area is 119 Å². The first-order valence-corrected chi connectivity index (χ1v) is 6.66. The highest BCUT2D eigenvalue weighted by atomic mass is 19.1. The Balaban J connectivity index is 2.35. The van der Waals surface area contributed by atoms with Gasteiger partial charge in [0.25, 0.3) is 0 Å². The Hall–Kier alpha value is -1.87. The standard InChI is InChI=1S/C17H20FNO/c1-12-8-13(2)10-14(9-12)17(3,11-20)19-16-6-4-15(18)5-7-16/h4-10,19-20H,11H2,1-3H3. The van der Waals surface area contributed by atoms with Crippen LogP contribution in [0.1, 0.15) is 23.6 Å². The predicted molar refractivity (Wildman–Crippen MR) is 80.4 cm³/mol. The number of nitrogens with one attached hydrogen (secondary N) is 1. The maximum atomic E-state index is 13.0. The molecule has 0 saturated carbocycles. The second-order valence-corrected chi connectivity index (χ2v) is 5.50. The number of anilines is 1. The number of halogens is 1. The summed E-state index contributed by atoms with van der Waals surface area (Å²) >= 11 is 0. The molecule has 2 aromatic rings. The van der Waals surface area contributed by atoms with E-state index in [9.17, 15) is 9.50 Å². The summed E-state index contributed by atoms with van der Waals surface area (Å²) in [6.07, 6.45) is 0. The van der Waals surface area contributed by atoms with Crippen molar-refractivity contribution in [1.29, 1.82) is 0 Å². The molecule has 20 heavy (non-hydrogen) atoms. The van der Waals surface area contributed by atoms with E-state index in [0.29, 0.717) is 0 Å². The first kappa shape index (κ1) is 14.5. The van der Waals surface area contributed by atoms with Crippen molar-refractivity contribution in [3.8, 4) is 0 Å². The molecule has 0 aromatic heterocycles. The molecule has 2 rings (SSSR count). The minimum Gasteiger partial charge on any atom is -0.394 e. The van der Waals surface area contributed by atoms with Crippen LogP contribution in [0, 0.1) is 19.7 Å². The topological polar surface area (TPSA) is 32.3 Å². The molecule has 2 N–H and O–H groups in total. The highest BCUT2D eigenvalue weighted by Crippen LogP contribution is 2.27. The summed E-state index contributed by atoms with van der Waals surface area (Å²) in [5.41, 5.74) is 3.50. The van der Waals surface area contributed by atoms with Gasteiger partial charge in [0.05, 0.1) is 12.1 Å². The molecule has 2 aromatic carbocycles. The zero-order valence-electron chi connectivity index (χ0n) is 12.1. The van der Waals surface area contributed by atoms with Crippen molar-refractivity contribution in [3.05, 3.63) is 65.0 Å². The Morgan fingerprint density at radius 2 is 1.60 bits per heavy atom. The summed E-state index contributed by atoms with van der Waals surface area (Å²) in [7, 11) is 0. The van der Waals surface area contributed by atoms with E-state index in [1.807, 2.05) is 20.8 Å². The first-order chi connectivity index (χ1) is 9.43. The Morgan fingerprint density at radius 1 is 1.05 bits per heavy atom. The van der Waals surface area contributed by atoms with Crippen molar-refractivity contribution < 1.29 is 9.50 Å². The molecule has 0 aliphatic heterocycles. The third-order valence-electron chi connectivity index (χ3n) is 3.44. The molecule has 0 aliphatic rings. The zero-order valence-corrected chi connectivity index (χ0v) is 12.1. The summed E-state index contributed by atoms with van der Waals surface area (Å²) in [6.45, 7) is 5.95. The van der Waals surface area contributed by atoms with Crippen LogP contribution in [0.5, 0.6) is 0 Å². The lowest BCUT2D eigenvalue weighted by molar-refractivity contribution is 0.224. The molecule has 1 atom stereocenters. The Morgan fingerprint density at radius 3 is 2.10 bits per heavy atom. The lowest BCUT2D eigenvalue weighted by Gasteiger charge is -2.31. The van der Waals surface area contributed by atoms with Crippen molar-refractivity contribution >= 4 is 5.69 Å². The second-order valence-electron chi connectivity index (χ2n) is 5.50. The third-order valence-corrected chi connectivity index (χ3v) is 3.44. The van der Waals surface area contributed by atoms with Gasteiger partial charge in [0, 0.05) is 5.69 Å². The molecule has 0 heterocycles. The fraction of sp³-hybridized carbons (Fsp3) is 0.294. The van der Waals surface area contributed by atoms with E-state index in [0.717, 1.165) is 22.4 Å². The molecule has 0 fully saturated rings. The monoisotopic (exact) mass is 273 g/mol. The fourth-order valence-corrected chi connectivity index (χ4v) is 2.35. The van der Waals surface area contributed by atoms with Gasteiger partial charge in [0.15, 0.2) is 0 Å². The average Bonchev–Trinajstić information content (AvgIpc) is 2.40. The van der Waals surface area contributed by atoms with E-state index in [2.05, 4.69) is 23.5 Å². The molecule has 1 unspecified atom stereocenters. The fourth-order valence-electron chi connectivity index (χ4n) is 2.35. The predicted octanol–water partition coefficient (Wildman–Crippen LogP) is 3.76. The largest absolute Gasteiger partial charge is 0.394 e. The summed E-state index contributed by atoms with van der Waals surface area (Å²) in [5, 5.41) is 13.1. The van der Waals surface area contributed by atoms with Gasteiger partial charge in [-0.2, -0.15) is 0 Å². The summed E-state index contributed by atoms with van der Waals surface area (Å²) in [4.78, 5) is 0. The average molecular weight is 273 g/mol. The number of hydrogen-bond acceptors (Lipinski definition) is 2. The number of aliphatic hydroxyl groups is 1. The summed E-state index contributed by atoms with van der Waals surface area (Å²) in [5.74, 6) is -0.271. The number of aliphatic hydroxyl groups excluding tert-OH is 1. The van der Waals surface area contributed by atoms with E-state index >= 15 is 0 Å². The van der Waals surface area contributed by atoms with Crippen LogP contribution in [0.3, 0.4) is 0 Å². The molecule has 0 amide bonds. The number of hydrogen-bond donors (Lipinski definition) is 2. The van der Waals surface area contributed by atoms with Gasteiger partial charge in [-0.1, -0.05) is 29.3 Å². The van der Waals surface area contributed by atoms with Crippen LogP contribution in [-0.4, -0.2) is 11.7 Å². The van der Waals surface area contributed by atoms with Gasteiger partial charge in [-0.15, -0.1) is 0 Å². The molecule has 3 heteroatoms. The van der Waals surface area contributed by atoms with Crippen LogP contribution in [0.2, 0.25) is 0 Å². The number of rotatable bonds is 4. The molecular formula is C17H20FNO. The van der Waals surface area contributed by atoms with Gasteiger partial charge >= 0.3 is 0 Å². The van der Waals surface area contributed by atoms with Gasteiger partial charge in [0.2, 0.25) is 0 Å². The van der Waals surface area contributed by atoms with E-state index in [1.54, 1.807) is 12.1 Å². The van der Waals surface area contributed by atoms with Gasteiger partial charge in [0.1, 0.15) is 5.82 Å². The van der Waals surface area contributed by atoms with E-state index in [-0.39, 0.29) is 12.4 Å². The van der Waals surface area contributed by atoms with Crippen molar-refractivity contribution in [2.45, 2.75) is 26.3 Å². The number of benzene rings is 2. The molecule has 106 valence electrons. The highest BCUT2D eigenvalue weighted by Gasteiger charge is 2.26. The van der Waals surface area contributed by atoms with Crippen LogP contribution < -0.4 is 5.32 Å². The third kappa shape index (κ3) is 3.17. The van der Waals surface area contributed by atoms with Crippen LogP contribution in [-0.2, 0) is 5.54 Å². The normalized spacial score (nSPS) is 13.8. The maximum Gasteiger partial charge on any atom is 0.123 e. The highest BCUT2D eigenvalue weighted by molar-refractivity contribution is 5.48. The summed E-state index contributed by atoms with van der Waals surface area (Å²) in [6, 6.07) is 12.4. The van der Waals surface area contributed by atoms with Crippen LogP contribution >= 0.6 is 0 Å². The molecule has 0 bridgehead atoms. The van der Waals surface area contributed by atoms with Crippen molar-refractivity contribution in [2.24, 2.45) is 0 Å². The smallest absolute Gasteiger partial charge is 0.123 e. The Bertz CT molecular complexity index is 574. The SMILES string of the molecule is Cc1cc(C)cc(C(C)(CO)Nc2ccc(F)cc2)c1. The van der Waals surface area contributed by atoms with E-state index < -0.39 is 5.54 Å². The molecule has 0 aliphatic carbocycles. The van der Waals surface area contributed by atoms with Gasteiger partial charge in [-0.3, -0.25) is 0 Å². The van der Waals surface area contributed by atoms with Gasteiger partial charge in [-0.05, 0) is 50.6 Å². The van der Waals surface area contributed by atoms with Crippen LogP contribution in [0.25, 0.3) is 0 Å². The Kier molecular flexibility index (Phi) is 4.09. The second kappa shape index (κ2) is 5.63. The minimum atomic E-state index is -0.603. The van der Waals surface area contributed by atoms with Crippen molar-refractivity contribution in [2.75, 3.05) is 11.9 Å². The van der Waals surface area contributed by atoms with E-state index in [4.69, 9.17) is 0 Å². The molecule has 2 nitrogen and oxygen atoms in total. The van der Waals surface area contributed by atoms with Crippen LogP contribution in [0.15, 0.2) is 42.5 Å². The molecule has 0 spiro atoms. The minimum absolute atomic E-state index is 0.0483. The maximum absolute atomic E-state index is 13.0. The lowest BCUT2D eigenvalue weighted by Crippen LogP contribution is -2.36. The number of aryl methyl sites for hydroxylation is 2. The molecule has 0 saturated heterocycles. The zero-order chi connectivity index (χ0) is 14.8. The van der Waals surface area contributed by atoms with Gasteiger partial charge in [-0.25, -0.2) is 4.39 Å². The van der Waals surface area contributed by atoms with Gasteiger partial charge < -0.3 is 10.4 Å². The van der Waals surface area contributed by atoms with Crippen molar-refractivity contribution in [1.82, 2.24) is 0 Å².